The van der Waals surface area contributed by atoms with E-state index in [0.29, 0.717) is 6.20 Å². The summed E-state index contributed by atoms with van der Waals surface area (Å²) in [6, 6.07) is 7.36. The highest BCUT2D eigenvalue weighted by Gasteiger charge is 2.75. The van der Waals surface area contributed by atoms with Crippen molar-refractivity contribution in [1.82, 2.24) is 19.1 Å². The molecule has 2 heterocycles. The number of aliphatic hydroxyl groups is 1. The van der Waals surface area contributed by atoms with Crippen molar-refractivity contribution in [2.24, 2.45) is 5.41 Å². The minimum Gasteiger partial charge on any atom is -0.396 e. The van der Waals surface area contributed by atoms with Crippen LogP contribution in [0.4, 0.5) is 23.4 Å². The van der Waals surface area contributed by atoms with Crippen molar-refractivity contribution in [2.45, 2.75) is 41.5 Å². The van der Waals surface area contributed by atoms with E-state index in [9.17, 15) is 26.7 Å². The molecule has 0 spiro atoms. The van der Waals surface area contributed by atoms with E-state index < -0.39 is 57.4 Å². The first-order valence-electron chi connectivity index (χ1n) is 9.98. The summed E-state index contributed by atoms with van der Waals surface area (Å²) in [5.41, 5.74) is 1.72. The van der Waals surface area contributed by atoms with Crippen LogP contribution in [0.2, 0.25) is 0 Å². The van der Waals surface area contributed by atoms with Gasteiger partial charge in [-0.25, -0.2) is 27.5 Å². The second-order valence-corrected chi connectivity index (χ2v) is 10.3. The number of rotatable bonds is 5. The topological polar surface area (TPSA) is 123 Å². The van der Waals surface area contributed by atoms with Gasteiger partial charge in [0.1, 0.15) is 6.17 Å². The Bertz CT molecular complexity index is 1350. The zero-order valence-electron chi connectivity index (χ0n) is 16.9. The third-order valence-corrected chi connectivity index (χ3v) is 8.28. The largest absolute Gasteiger partial charge is 0.434 e. The second kappa shape index (κ2) is 6.87. The lowest BCUT2D eigenvalue weighted by Crippen LogP contribution is -2.65. The smallest absolute Gasteiger partial charge is 0.396 e. The SMILES string of the molecule is Nc1nc(C(F)(F)F)cn2c(C3C4(CO)CC(F)C3(NS(=O)(=O)c3ccccc3)C4)cnc12. The van der Waals surface area contributed by atoms with Gasteiger partial charge in [-0.15, -0.1) is 0 Å². The van der Waals surface area contributed by atoms with E-state index in [4.69, 9.17) is 5.73 Å². The van der Waals surface area contributed by atoms with E-state index >= 15 is 4.39 Å². The summed E-state index contributed by atoms with van der Waals surface area (Å²) >= 11 is 0. The standard InChI is InChI=1S/C20H19F4N5O3S/c21-13-6-18(10-30)9-19(13,28-33(31,32)11-4-2-1-3-5-11)15(18)12-7-26-17-16(25)27-14(8-29(12)17)20(22,23)24/h1-5,7-8,13,15,28,30H,6,9-10H2,(H2,25,27). The van der Waals surface area contributed by atoms with E-state index in [1.807, 2.05) is 0 Å². The highest BCUT2D eigenvalue weighted by atomic mass is 32.2. The van der Waals surface area contributed by atoms with Gasteiger partial charge in [-0.2, -0.15) is 13.2 Å². The van der Waals surface area contributed by atoms with Gasteiger partial charge in [0.25, 0.3) is 0 Å². The van der Waals surface area contributed by atoms with Crippen molar-refractivity contribution >= 4 is 21.5 Å². The first-order chi connectivity index (χ1) is 15.4. The van der Waals surface area contributed by atoms with Gasteiger partial charge in [-0.05, 0) is 25.0 Å². The molecule has 3 aliphatic rings. The maximum Gasteiger partial charge on any atom is 0.434 e. The third-order valence-electron chi connectivity index (χ3n) is 6.74. The number of nitrogens with one attached hydrogen (secondary N) is 1. The predicted octanol–water partition coefficient (Wildman–Crippen LogP) is 2.26. The Morgan fingerprint density at radius 1 is 1.27 bits per heavy atom. The van der Waals surface area contributed by atoms with Crippen LogP contribution in [0.15, 0.2) is 47.6 Å². The Morgan fingerprint density at radius 2 is 1.97 bits per heavy atom. The van der Waals surface area contributed by atoms with Gasteiger partial charge in [-0.1, -0.05) is 18.2 Å². The summed E-state index contributed by atoms with van der Waals surface area (Å²) in [5.74, 6) is -1.46. The quantitative estimate of drug-likeness (QED) is 0.477. The Hall–Kier alpha value is -2.77. The van der Waals surface area contributed by atoms with Crippen LogP contribution in [-0.4, -0.2) is 46.2 Å². The van der Waals surface area contributed by atoms with Crippen LogP contribution in [0.1, 0.15) is 30.1 Å². The lowest BCUT2D eigenvalue weighted by molar-refractivity contribution is -0.141. The number of hydrogen-bond acceptors (Lipinski definition) is 6. The van der Waals surface area contributed by atoms with Gasteiger partial charge in [0.15, 0.2) is 17.2 Å². The number of alkyl halides is 4. The molecule has 4 unspecified atom stereocenters. The number of halogens is 4. The van der Waals surface area contributed by atoms with Crippen molar-refractivity contribution in [2.75, 3.05) is 12.3 Å². The van der Waals surface area contributed by atoms with Gasteiger partial charge in [0.05, 0.1) is 10.4 Å². The average molecular weight is 485 g/mol. The molecule has 0 radical (unpaired) electrons. The number of sulfonamides is 1. The summed E-state index contributed by atoms with van der Waals surface area (Å²) in [4.78, 5) is 7.31. The number of nitrogen functional groups attached to an aromatic ring is 1. The summed E-state index contributed by atoms with van der Waals surface area (Å²) in [7, 11) is -4.17. The maximum atomic E-state index is 15.4. The van der Waals surface area contributed by atoms with Crippen LogP contribution in [-0.2, 0) is 16.2 Å². The molecule has 1 aromatic carbocycles. The van der Waals surface area contributed by atoms with Crippen molar-refractivity contribution in [3.05, 3.63) is 54.1 Å². The number of anilines is 1. The van der Waals surface area contributed by atoms with Gasteiger partial charge in [0, 0.05) is 36.0 Å². The zero-order valence-corrected chi connectivity index (χ0v) is 17.7. The van der Waals surface area contributed by atoms with Gasteiger partial charge in [-0.3, -0.25) is 4.40 Å². The van der Waals surface area contributed by atoms with Crippen LogP contribution in [0.3, 0.4) is 0 Å². The number of aliphatic hydroxyl groups excluding tert-OH is 1. The lowest BCUT2D eigenvalue weighted by Gasteiger charge is -2.54. The van der Waals surface area contributed by atoms with Crippen molar-refractivity contribution < 1.29 is 31.1 Å². The Balaban J connectivity index is 1.65. The highest BCUT2D eigenvalue weighted by Crippen LogP contribution is 2.70. The fraction of sp³-hybridized carbons (Fsp3) is 0.400. The molecule has 3 aromatic rings. The molecule has 176 valence electrons. The molecular weight excluding hydrogens is 466 g/mol. The highest BCUT2D eigenvalue weighted by molar-refractivity contribution is 7.89. The van der Waals surface area contributed by atoms with E-state index in [1.165, 1.54) is 30.5 Å². The van der Waals surface area contributed by atoms with Gasteiger partial charge in [0.2, 0.25) is 10.0 Å². The maximum absolute atomic E-state index is 15.4. The van der Waals surface area contributed by atoms with Gasteiger partial charge >= 0.3 is 6.18 Å². The molecule has 0 aliphatic heterocycles. The second-order valence-electron chi connectivity index (χ2n) is 8.65. The van der Waals surface area contributed by atoms with Crippen LogP contribution in [0.25, 0.3) is 5.65 Å². The Morgan fingerprint density at radius 3 is 2.61 bits per heavy atom. The normalized spacial score (nSPS) is 29.4. The molecule has 4 atom stereocenters. The fourth-order valence-corrected chi connectivity index (χ4v) is 6.91. The number of aromatic nitrogens is 3. The summed E-state index contributed by atoms with van der Waals surface area (Å²) in [6.07, 6.45) is -4.74. The Kier molecular flexibility index (Phi) is 4.59. The predicted molar refractivity (Wildman–Crippen MR) is 108 cm³/mol. The molecule has 3 aliphatic carbocycles. The molecule has 6 rings (SSSR count). The first-order valence-corrected chi connectivity index (χ1v) is 11.5. The van der Waals surface area contributed by atoms with Crippen LogP contribution in [0.5, 0.6) is 0 Å². The Labute approximate surface area is 185 Å². The molecule has 0 amide bonds. The van der Waals surface area contributed by atoms with Crippen molar-refractivity contribution in [3.63, 3.8) is 0 Å². The summed E-state index contributed by atoms with van der Waals surface area (Å²) < 4.78 is 85.0. The molecule has 3 fully saturated rings. The molecule has 8 nitrogen and oxygen atoms in total. The van der Waals surface area contributed by atoms with Crippen LogP contribution >= 0.6 is 0 Å². The average Bonchev–Trinajstić information content (AvgIpc) is 3.34. The fourth-order valence-electron chi connectivity index (χ4n) is 5.46. The lowest BCUT2D eigenvalue weighted by atomic mass is 9.55. The third kappa shape index (κ3) is 3.05. The zero-order chi connectivity index (χ0) is 23.8. The summed E-state index contributed by atoms with van der Waals surface area (Å²) in [5, 5.41) is 10.1. The first kappa shape index (κ1) is 22.0. The molecule has 3 saturated carbocycles. The number of nitrogens with zero attached hydrogens (tertiary/aromatic N) is 3. The van der Waals surface area contributed by atoms with E-state index in [2.05, 4.69) is 14.7 Å². The number of hydrogen-bond donors (Lipinski definition) is 3. The molecule has 0 saturated heterocycles. The minimum absolute atomic E-state index is 0.0195. The van der Waals surface area contributed by atoms with Crippen molar-refractivity contribution in [3.8, 4) is 0 Å². The molecular formula is C20H19F4N5O3S. The van der Waals surface area contributed by atoms with E-state index in [-0.39, 0.29) is 29.1 Å². The van der Waals surface area contributed by atoms with Crippen LogP contribution in [0, 0.1) is 5.41 Å². The van der Waals surface area contributed by atoms with Crippen LogP contribution < -0.4 is 10.5 Å². The monoisotopic (exact) mass is 485 g/mol. The molecule has 2 bridgehead atoms. The van der Waals surface area contributed by atoms with E-state index in [0.717, 1.165) is 4.40 Å². The number of imidazole rings is 1. The minimum atomic E-state index is -4.80. The van der Waals surface area contributed by atoms with Gasteiger partial charge < -0.3 is 10.8 Å². The molecule has 2 aromatic heterocycles. The van der Waals surface area contributed by atoms with Crippen molar-refractivity contribution in [1.29, 1.82) is 0 Å². The molecule has 33 heavy (non-hydrogen) atoms. The summed E-state index contributed by atoms with van der Waals surface area (Å²) in [6.45, 7) is -0.479. The molecule has 4 N–H and O–H groups in total. The number of nitrogens with two attached hydrogens (primary N) is 1. The number of benzene rings is 1. The number of fused-ring (bicyclic) bond motifs is 2. The van der Waals surface area contributed by atoms with E-state index in [1.54, 1.807) is 6.07 Å². The molecule has 13 heteroatoms.